The number of rotatable bonds is 8. The number of fused-ring (bicyclic) bond motifs is 2. The molecule has 1 aliphatic rings. The zero-order valence-corrected chi connectivity index (χ0v) is 23.8. The predicted octanol–water partition coefficient (Wildman–Crippen LogP) is 5.74. The number of carbonyl (C=O) groups is 1. The normalized spacial score (nSPS) is 12.7. The second kappa shape index (κ2) is 11.3. The van der Waals surface area contributed by atoms with Crippen molar-refractivity contribution >= 4 is 16.7 Å². The average molecular weight is 587 g/mol. The summed E-state index contributed by atoms with van der Waals surface area (Å²) >= 11 is 0. The van der Waals surface area contributed by atoms with Crippen LogP contribution in [0.25, 0.3) is 16.6 Å². The topological polar surface area (TPSA) is 97.5 Å². The van der Waals surface area contributed by atoms with Crippen LogP contribution in [-0.2, 0) is 19.4 Å². The maximum atomic E-state index is 14.7. The van der Waals surface area contributed by atoms with Gasteiger partial charge in [-0.2, -0.15) is 0 Å². The lowest BCUT2D eigenvalue weighted by Gasteiger charge is -2.19. The minimum absolute atomic E-state index is 0.0122. The molecule has 0 saturated heterocycles. The van der Waals surface area contributed by atoms with Gasteiger partial charge >= 0.3 is 0 Å². The highest BCUT2D eigenvalue weighted by atomic mass is 19.1. The third-order valence-corrected chi connectivity index (χ3v) is 7.61. The largest absolute Gasteiger partial charge is 0.493 e. The molecule has 43 heavy (non-hydrogen) atoms. The number of Topliss-reactive ketones (excluding diaryl/α,β-unsaturated/α-hetero) is 1. The first kappa shape index (κ1) is 28.1. The van der Waals surface area contributed by atoms with Gasteiger partial charge in [0.05, 0.1) is 30.8 Å². The molecule has 0 bridgehead atoms. The Morgan fingerprint density at radius 2 is 1.74 bits per heavy atom. The summed E-state index contributed by atoms with van der Waals surface area (Å²) in [7, 11) is 3.08. The van der Waals surface area contributed by atoms with Gasteiger partial charge in [0.2, 0.25) is 5.88 Å². The number of methoxy groups -OCH3 is 2. The third-order valence-electron chi connectivity index (χ3n) is 7.61. The van der Waals surface area contributed by atoms with E-state index in [9.17, 15) is 18.4 Å². The molecule has 3 aromatic carbocycles. The van der Waals surface area contributed by atoms with E-state index in [-0.39, 0.29) is 23.5 Å². The van der Waals surface area contributed by atoms with E-state index in [4.69, 9.17) is 14.2 Å². The Hall–Kier alpha value is -5.06. The summed E-state index contributed by atoms with van der Waals surface area (Å²) in [6, 6.07) is 11.7. The molecule has 5 aromatic rings. The number of ketones is 1. The number of nitrogens with zero attached hydrogens (tertiary/aromatic N) is 4. The molecule has 2 aromatic heterocycles. The van der Waals surface area contributed by atoms with Gasteiger partial charge < -0.3 is 14.2 Å². The zero-order chi connectivity index (χ0) is 30.2. The molecule has 0 amide bonds. The molecular formula is C32H28F2N4O5. The van der Waals surface area contributed by atoms with E-state index in [0.717, 1.165) is 41.3 Å². The molecule has 0 aliphatic carbocycles. The van der Waals surface area contributed by atoms with Crippen LogP contribution in [0.2, 0.25) is 0 Å². The van der Waals surface area contributed by atoms with Crippen LogP contribution in [0.3, 0.4) is 0 Å². The van der Waals surface area contributed by atoms with Gasteiger partial charge in [-0.05, 0) is 61.6 Å². The van der Waals surface area contributed by atoms with E-state index < -0.39 is 17.2 Å². The van der Waals surface area contributed by atoms with E-state index in [1.165, 1.54) is 13.4 Å². The number of hydrogen-bond donors (Lipinski definition) is 0. The third kappa shape index (κ3) is 5.11. The summed E-state index contributed by atoms with van der Waals surface area (Å²) < 4.78 is 48.3. The maximum absolute atomic E-state index is 14.7. The van der Waals surface area contributed by atoms with Crippen molar-refractivity contribution in [2.75, 3.05) is 14.2 Å². The molecule has 6 rings (SSSR count). The van der Waals surface area contributed by atoms with Crippen LogP contribution in [0, 0.1) is 18.6 Å². The van der Waals surface area contributed by atoms with Crippen molar-refractivity contribution in [2.24, 2.45) is 0 Å². The standard InChI is InChI=1S/C32H28F2N4O5/c1-18-12-19(7-10-27(18)43-31-21-15-28(41-2)29(42-3)16-23(21)35-17-36-31)13-26(39)30-24-6-4-5-11-37(24)38(32(30)40)25-14-20(33)8-9-22(25)34/h7-10,12,14-17H,4-6,11,13H2,1-3H3. The van der Waals surface area contributed by atoms with Crippen LogP contribution in [0.5, 0.6) is 23.1 Å². The second-order valence-electron chi connectivity index (χ2n) is 10.3. The molecule has 0 unspecified atom stereocenters. The lowest BCUT2D eigenvalue weighted by molar-refractivity contribution is 0.0990. The molecule has 3 heterocycles. The first-order valence-electron chi connectivity index (χ1n) is 13.8. The fourth-order valence-electron chi connectivity index (χ4n) is 5.55. The van der Waals surface area contributed by atoms with Crippen molar-refractivity contribution < 1.29 is 27.8 Å². The Morgan fingerprint density at radius 1 is 0.953 bits per heavy atom. The van der Waals surface area contributed by atoms with Crippen LogP contribution < -0.4 is 19.8 Å². The molecule has 220 valence electrons. The van der Waals surface area contributed by atoms with Gasteiger partial charge in [0, 0.05) is 25.1 Å². The number of carbonyl (C=O) groups excluding carboxylic acids is 1. The van der Waals surface area contributed by atoms with Gasteiger partial charge in [-0.15, -0.1) is 0 Å². The van der Waals surface area contributed by atoms with Crippen molar-refractivity contribution in [3.05, 3.63) is 99.2 Å². The molecular weight excluding hydrogens is 558 g/mol. The summed E-state index contributed by atoms with van der Waals surface area (Å²) in [5.41, 5.74) is 1.73. The predicted molar refractivity (Wildman–Crippen MR) is 155 cm³/mol. The summed E-state index contributed by atoms with van der Waals surface area (Å²) in [6.07, 6.45) is 3.39. The van der Waals surface area contributed by atoms with E-state index in [1.54, 1.807) is 36.1 Å². The Bertz CT molecular complexity index is 1950. The van der Waals surface area contributed by atoms with Crippen molar-refractivity contribution in [1.82, 2.24) is 19.3 Å². The first-order chi connectivity index (χ1) is 20.8. The fourth-order valence-corrected chi connectivity index (χ4v) is 5.55. The number of aromatic nitrogens is 4. The van der Waals surface area contributed by atoms with Crippen LogP contribution in [-0.4, -0.2) is 39.3 Å². The first-order valence-corrected chi connectivity index (χ1v) is 13.8. The van der Waals surface area contributed by atoms with Crippen molar-refractivity contribution in [3.8, 4) is 28.8 Å². The van der Waals surface area contributed by atoms with E-state index in [1.807, 2.05) is 13.0 Å². The minimum atomic E-state index is -0.742. The van der Waals surface area contributed by atoms with Gasteiger partial charge in [-0.3, -0.25) is 14.3 Å². The molecule has 11 heteroatoms. The van der Waals surface area contributed by atoms with Crippen LogP contribution in [0.15, 0.2) is 59.7 Å². The Labute approximate surface area is 245 Å². The lowest BCUT2D eigenvalue weighted by atomic mass is 9.98. The van der Waals surface area contributed by atoms with E-state index >= 15 is 0 Å². The summed E-state index contributed by atoms with van der Waals surface area (Å²) in [5, 5.41) is 0.628. The van der Waals surface area contributed by atoms with Gasteiger partial charge in [0.15, 0.2) is 17.3 Å². The van der Waals surface area contributed by atoms with Crippen molar-refractivity contribution in [2.45, 2.75) is 39.2 Å². The maximum Gasteiger partial charge on any atom is 0.282 e. The van der Waals surface area contributed by atoms with Gasteiger partial charge in [-0.1, -0.05) is 12.1 Å². The molecule has 0 N–H and O–H groups in total. The lowest BCUT2D eigenvalue weighted by Crippen LogP contribution is -2.25. The molecule has 0 fully saturated rings. The Morgan fingerprint density at radius 3 is 2.51 bits per heavy atom. The van der Waals surface area contributed by atoms with Crippen LogP contribution in [0.4, 0.5) is 8.78 Å². The SMILES string of the molecule is COc1cc2ncnc(Oc3ccc(CC(=O)c4c5n(n(-c6cc(F)ccc6F)c4=O)CCCC5)cc3C)c2cc1OC. The van der Waals surface area contributed by atoms with Crippen LogP contribution >= 0.6 is 0 Å². The monoisotopic (exact) mass is 586 g/mol. The Balaban J connectivity index is 1.30. The molecule has 9 nitrogen and oxygen atoms in total. The van der Waals surface area contributed by atoms with E-state index in [2.05, 4.69) is 9.97 Å². The van der Waals surface area contributed by atoms with Gasteiger partial charge in [-0.25, -0.2) is 23.4 Å². The number of hydrogen-bond acceptors (Lipinski definition) is 7. The highest BCUT2D eigenvalue weighted by molar-refractivity contribution is 5.98. The number of halogens is 2. The van der Waals surface area contributed by atoms with Gasteiger partial charge in [0.1, 0.15) is 35.0 Å². The minimum Gasteiger partial charge on any atom is -0.493 e. The average Bonchev–Trinajstić information content (AvgIpc) is 3.30. The number of benzene rings is 3. The molecule has 0 spiro atoms. The number of ether oxygens (including phenoxy) is 3. The summed E-state index contributed by atoms with van der Waals surface area (Å²) in [4.78, 5) is 35.7. The number of aryl methyl sites for hydroxylation is 1. The summed E-state index contributed by atoms with van der Waals surface area (Å²) in [6.45, 7) is 2.27. The molecule has 1 aliphatic heterocycles. The zero-order valence-electron chi connectivity index (χ0n) is 23.8. The highest BCUT2D eigenvalue weighted by Gasteiger charge is 2.29. The Kier molecular flexibility index (Phi) is 7.39. The van der Waals surface area contributed by atoms with Crippen molar-refractivity contribution in [1.29, 1.82) is 0 Å². The van der Waals surface area contributed by atoms with Gasteiger partial charge in [0.25, 0.3) is 5.56 Å². The molecule has 0 saturated carbocycles. The van der Waals surface area contributed by atoms with Crippen LogP contribution in [0.1, 0.15) is 40.0 Å². The second-order valence-corrected chi connectivity index (χ2v) is 10.3. The summed E-state index contributed by atoms with van der Waals surface area (Å²) in [5.74, 6) is 0.0824. The molecule has 0 radical (unpaired) electrons. The fraction of sp³-hybridized carbons (Fsp3) is 0.250. The highest BCUT2D eigenvalue weighted by Crippen LogP contribution is 2.36. The molecule has 0 atom stereocenters. The van der Waals surface area contributed by atoms with Crippen molar-refractivity contribution in [3.63, 3.8) is 0 Å². The van der Waals surface area contributed by atoms with E-state index in [0.29, 0.717) is 58.3 Å². The quantitative estimate of drug-likeness (QED) is 0.214. The smallest absolute Gasteiger partial charge is 0.282 e.